The summed E-state index contributed by atoms with van der Waals surface area (Å²) in [5, 5.41) is 18.4. The van der Waals surface area contributed by atoms with Gasteiger partial charge in [0.05, 0.1) is 10.6 Å². The molecule has 0 bridgehead atoms. The fraction of sp³-hybridized carbons (Fsp3) is 0.0714. The van der Waals surface area contributed by atoms with E-state index in [1.54, 1.807) is 19.1 Å². The number of benzene rings is 2. The molecule has 0 heterocycles. The fourth-order valence-corrected chi connectivity index (χ4v) is 3.68. The van der Waals surface area contributed by atoms with Gasteiger partial charge in [-0.3, -0.25) is 4.72 Å². The molecule has 8 heteroatoms. The molecule has 0 spiro atoms. The molecule has 0 aliphatic heterocycles. The summed E-state index contributed by atoms with van der Waals surface area (Å²) in [4.78, 5) is 10.9. The van der Waals surface area contributed by atoms with E-state index in [0.717, 1.165) is 12.1 Å². The molecule has 0 aromatic heterocycles. The van der Waals surface area contributed by atoms with Crippen molar-refractivity contribution in [3.8, 4) is 5.75 Å². The number of hydrogen-bond acceptors (Lipinski definition) is 4. The van der Waals surface area contributed by atoms with Crippen LogP contribution in [0.1, 0.15) is 15.9 Å². The SMILES string of the molecule is Cc1ccc(Br)cc1S(=O)(=O)Nc1ccc(C(=O)O)c(O)c1. The Bertz CT molecular complexity index is 848. The Morgan fingerprint density at radius 2 is 1.86 bits per heavy atom. The highest BCUT2D eigenvalue weighted by molar-refractivity contribution is 9.10. The zero-order valence-corrected chi connectivity index (χ0v) is 13.8. The lowest BCUT2D eigenvalue weighted by Crippen LogP contribution is -2.14. The van der Waals surface area contributed by atoms with Crippen LogP contribution >= 0.6 is 15.9 Å². The van der Waals surface area contributed by atoms with Gasteiger partial charge in [0.1, 0.15) is 11.3 Å². The number of halogens is 1. The number of sulfonamides is 1. The van der Waals surface area contributed by atoms with Crippen LogP contribution in [-0.4, -0.2) is 24.6 Å². The van der Waals surface area contributed by atoms with Crippen molar-refractivity contribution in [3.63, 3.8) is 0 Å². The summed E-state index contributed by atoms with van der Waals surface area (Å²) in [5.41, 5.74) is 0.325. The highest BCUT2D eigenvalue weighted by atomic mass is 79.9. The van der Waals surface area contributed by atoms with Crippen molar-refractivity contribution in [2.75, 3.05) is 4.72 Å². The van der Waals surface area contributed by atoms with E-state index in [1.165, 1.54) is 12.1 Å². The van der Waals surface area contributed by atoms with Gasteiger partial charge in [-0.05, 0) is 36.8 Å². The first-order chi connectivity index (χ1) is 10.2. The number of anilines is 1. The fourth-order valence-electron chi connectivity index (χ4n) is 1.85. The Hall–Kier alpha value is -2.06. The Balaban J connectivity index is 2.39. The number of aryl methyl sites for hydroxylation is 1. The van der Waals surface area contributed by atoms with E-state index >= 15 is 0 Å². The summed E-state index contributed by atoms with van der Waals surface area (Å²) in [6.45, 7) is 1.66. The molecule has 2 rings (SSSR count). The second kappa shape index (κ2) is 5.98. The van der Waals surface area contributed by atoms with Crippen LogP contribution in [0, 0.1) is 6.92 Å². The minimum Gasteiger partial charge on any atom is -0.507 e. The third-order valence-corrected chi connectivity index (χ3v) is 4.94. The van der Waals surface area contributed by atoms with E-state index in [1.807, 2.05) is 0 Å². The molecule has 0 atom stereocenters. The van der Waals surface area contributed by atoms with Gasteiger partial charge in [0, 0.05) is 10.5 Å². The van der Waals surface area contributed by atoms with Crippen LogP contribution in [-0.2, 0) is 10.0 Å². The molecule has 0 aliphatic rings. The lowest BCUT2D eigenvalue weighted by atomic mass is 10.2. The summed E-state index contributed by atoms with van der Waals surface area (Å²) in [6.07, 6.45) is 0. The monoisotopic (exact) mass is 385 g/mol. The van der Waals surface area contributed by atoms with Gasteiger partial charge >= 0.3 is 5.97 Å². The van der Waals surface area contributed by atoms with Crippen molar-refractivity contribution in [2.24, 2.45) is 0 Å². The van der Waals surface area contributed by atoms with Crippen molar-refractivity contribution in [1.82, 2.24) is 0 Å². The second-order valence-electron chi connectivity index (χ2n) is 4.55. The average molecular weight is 386 g/mol. The first-order valence-corrected chi connectivity index (χ1v) is 8.33. The summed E-state index contributed by atoms with van der Waals surface area (Å²) in [5.74, 6) is -1.81. The highest BCUT2D eigenvalue weighted by Crippen LogP contribution is 2.26. The predicted molar refractivity (Wildman–Crippen MR) is 84.8 cm³/mol. The van der Waals surface area contributed by atoms with Gasteiger partial charge in [0.25, 0.3) is 10.0 Å². The zero-order valence-electron chi connectivity index (χ0n) is 11.4. The molecule has 0 saturated carbocycles. The van der Waals surface area contributed by atoms with Gasteiger partial charge in [0.2, 0.25) is 0 Å². The molecule has 116 valence electrons. The largest absolute Gasteiger partial charge is 0.507 e. The lowest BCUT2D eigenvalue weighted by molar-refractivity contribution is 0.0694. The van der Waals surface area contributed by atoms with E-state index in [0.29, 0.717) is 10.0 Å². The van der Waals surface area contributed by atoms with Crippen LogP contribution in [0.4, 0.5) is 5.69 Å². The smallest absolute Gasteiger partial charge is 0.339 e. The van der Waals surface area contributed by atoms with Crippen LogP contribution in [0.15, 0.2) is 45.8 Å². The Morgan fingerprint density at radius 1 is 1.18 bits per heavy atom. The van der Waals surface area contributed by atoms with Gasteiger partial charge in [-0.15, -0.1) is 0 Å². The van der Waals surface area contributed by atoms with Crippen LogP contribution < -0.4 is 4.72 Å². The van der Waals surface area contributed by atoms with Crippen LogP contribution in [0.5, 0.6) is 5.75 Å². The van der Waals surface area contributed by atoms with Crippen molar-refractivity contribution >= 4 is 37.6 Å². The second-order valence-corrected chi connectivity index (χ2v) is 7.12. The Labute approximate surface area is 135 Å². The number of carboxylic acid groups (broad SMARTS) is 1. The summed E-state index contributed by atoms with van der Waals surface area (Å²) >= 11 is 3.21. The van der Waals surface area contributed by atoms with Crippen molar-refractivity contribution in [1.29, 1.82) is 0 Å². The molecule has 6 nitrogen and oxygen atoms in total. The van der Waals surface area contributed by atoms with Gasteiger partial charge in [-0.25, -0.2) is 13.2 Å². The standard InChI is InChI=1S/C14H12BrNO5S/c1-8-2-3-9(15)6-13(8)22(20,21)16-10-4-5-11(14(18)19)12(17)7-10/h2-7,16-17H,1H3,(H,18,19). The first-order valence-electron chi connectivity index (χ1n) is 6.06. The van der Waals surface area contributed by atoms with E-state index in [-0.39, 0.29) is 16.1 Å². The molecular formula is C14H12BrNO5S. The Kier molecular flexibility index (Phi) is 4.43. The van der Waals surface area contributed by atoms with Gasteiger partial charge in [0.15, 0.2) is 0 Å². The number of hydrogen-bond donors (Lipinski definition) is 3. The number of aromatic hydroxyl groups is 1. The number of phenols is 1. The van der Waals surface area contributed by atoms with E-state index in [2.05, 4.69) is 20.7 Å². The normalized spacial score (nSPS) is 11.2. The molecule has 0 fully saturated rings. The number of aromatic carboxylic acids is 1. The first kappa shape index (κ1) is 16.3. The third-order valence-electron chi connectivity index (χ3n) is 2.92. The van der Waals surface area contributed by atoms with Crippen molar-refractivity contribution < 1.29 is 23.4 Å². The quantitative estimate of drug-likeness (QED) is 0.750. The number of carboxylic acids is 1. The number of rotatable bonds is 4. The molecular weight excluding hydrogens is 374 g/mol. The molecule has 2 aromatic rings. The minimum atomic E-state index is -3.85. The van der Waals surface area contributed by atoms with Gasteiger partial charge in [-0.1, -0.05) is 22.0 Å². The highest BCUT2D eigenvalue weighted by Gasteiger charge is 2.18. The summed E-state index contributed by atoms with van der Waals surface area (Å²) < 4.78 is 27.7. The maximum absolute atomic E-state index is 12.4. The van der Waals surface area contributed by atoms with Crippen molar-refractivity contribution in [3.05, 3.63) is 52.0 Å². The van der Waals surface area contributed by atoms with Gasteiger partial charge < -0.3 is 10.2 Å². The third kappa shape index (κ3) is 3.40. The minimum absolute atomic E-state index is 0.0712. The molecule has 3 N–H and O–H groups in total. The van der Waals surface area contributed by atoms with Crippen LogP contribution in [0.2, 0.25) is 0 Å². The van der Waals surface area contributed by atoms with Crippen LogP contribution in [0.3, 0.4) is 0 Å². The van der Waals surface area contributed by atoms with Crippen LogP contribution in [0.25, 0.3) is 0 Å². The topological polar surface area (TPSA) is 104 Å². The van der Waals surface area contributed by atoms with Gasteiger partial charge in [-0.2, -0.15) is 0 Å². The molecule has 0 saturated heterocycles. The Morgan fingerprint density at radius 3 is 2.45 bits per heavy atom. The average Bonchev–Trinajstić information content (AvgIpc) is 2.40. The molecule has 0 unspecified atom stereocenters. The predicted octanol–water partition coefficient (Wildman–Crippen LogP) is 2.96. The van der Waals surface area contributed by atoms with Crippen molar-refractivity contribution in [2.45, 2.75) is 11.8 Å². The molecule has 0 aliphatic carbocycles. The molecule has 0 radical (unpaired) electrons. The molecule has 2 aromatic carbocycles. The molecule has 22 heavy (non-hydrogen) atoms. The van der Waals surface area contributed by atoms with E-state index in [9.17, 15) is 18.3 Å². The van der Waals surface area contributed by atoms with E-state index in [4.69, 9.17) is 5.11 Å². The molecule has 0 amide bonds. The number of carbonyl (C=O) groups is 1. The number of nitrogens with one attached hydrogen (secondary N) is 1. The van der Waals surface area contributed by atoms with E-state index < -0.39 is 21.7 Å². The zero-order chi connectivity index (χ0) is 16.5. The summed E-state index contributed by atoms with van der Waals surface area (Å²) in [6, 6.07) is 8.29. The maximum Gasteiger partial charge on any atom is 0.339 e. The maximum atomic E-state index is 12.4. The summed E-state index contributed by atoms with van der Waals surface area (Å²) in [7, 11) is -3.85. The lowest BCUT2D eigenvalue weighted by Gasteiger charge is -2.11.